The summed E-state index contributed by atoms with van der Waals surface area (Å²) in [4.78, 5) is 48.8. The van der Waals surface area contributed by atoms with Gasteiger partial charge in [0.1, 0.15) is 18.1 Å². The second-order valence-electron chi connectivity index (χ2n) is 8.28. The zero-order chi connectivity index (χ0) is 24.4. The molecule has 178 valence electrons. The minimum atomic E-state index is -1.39. The summed E-state index contributed by atoms with van der Waals surface area (Å²) in [6.45, 7) is 6.28. The summed E-state index contributed by atoms with van der Waals surface area (Å²) in [7, 11) is 0. The normalized spacial score (nSPS) is 15.7. The highest BCUT2D eigenvalue weighted by Crippen LogP contribution is 2.08. The largest absolute Gasteiger partial charge is 0.480 e. The molecule has 0 bridgehead atoms. The van der Waals surface area contributed by atoms with Crippen LogP contribution in [-0.2, 0) is 25.6 Å². The summed E-state index contributed by atoms with van der Waals surface area (Å²) in [6.07, 6.45) is -0.736. The van der Waals surface area contributed by atoms with E-state index in [9.17, 15) is 24.3 Å². The van der Waals surface area contributed by atoms with Gasteiger partial charge in [-0.1, -0.05) is 44.2 Å². The molecule has 0 spiro atoms. The van der Waals surface area contributed by atoms with E-state index in [2.05, 4.69) is 16.0 Å². The van der Waals surface area contributed by atoms with Crippen LogP contribution >= 0.6 is 0 Å². The van der Waals surface area contributed by atoms with Gasteiger partial charge in [0.2, 0.25) is 17.7 Å². The van der Waals surface area contributed by atoms with Gasteiger partial charge in [0, 0.05) is 0 Å². The molecule has 32 heavy (non-hydrogen) atoms. The first kappa shape index (κ1) is 27.1. The third kappa shape index (κ3) is 9.03. The number of rotatable bonds is 12. The van der Waals surface area contributed by atoms with Crippen molar-refractivity contribution in [3.05, 3.63) is 35.9 Å². The molecule has 10 heteroatoms. The molecule has 5 atom stereocenters. The Morgan fingerprint density at radius 3 is 2.00 bits per heavy atom. The molecule has 0 saturated carbocycles. The van der Waals surface area contributed by atoms with Crippen molar-refractivity contribution in [2.24, 2.45) is 11.7 Å². The molecule has 3 amide bonds. The van der Waals surface area contributed by atoms with Gasteiger partial charge < -0.3 is 31.9 Å². The van der Waals surface area contributed by atoms with Crippen molar-refractivity contribution in [1.82, 2.24) is 16.0 Å². The zero-order valence-electron chi connectivity index (χ0n) is 18.9. The number of aliphatic hydroxyl groups is 1. The quantitative estimate of drug-likeness (QED) is 0.250. The predicted octanol–water partition coefficient (Wildman–Crippen LogP) is -0.458. The molecule has 10 nitrogen and oxygen atoms in total. The van der Waals surface area contributed by atoms with Gasteiger partial charge in [0.25, 0.3) is 0 Å². The van der Waals surface area contributed by atoms with E-state index in [1.807, 2.05) is 44.2 Å². The van der Waals surface area contributed by atoms with Crippen LogP contribution < -0.4 is 21.7 Å². The number of aliphatic carboxylic acids is 1. The standard InChI is InChI=1S/C22H34N4O6/c1-12(2)10-17(25-19(28)16(23)11-15-8-6-5-7-9-15)20(29)26-18(14(4)27)21(30)24-13(3)22(31)32/h5-9,12-14,16-18,27H,10-11,23H2,1-4H3,(H,24,30)(H,25,28)(H,26,29)(H,31,32). The van der Waals surface area contributed by atoms with Gasteiger partial charge in [-0.25, -0.2) is 0 Å². The van der Waals surface area contributed by atoms with Crippen molar-refractivity contribution < 1.29 is 29.4 Å². The zero-order valence-corrected chi connectivity index (χ0v) is 18.9. The molecule has 1 aromatic rings. The van der Waals surface area contributed by atoms with Gasteiger partial charge in [0.15, 0.2) is 0 Å². The smallest absolute Gasteiger partial charge is 0.325 e. The number of carbonyl (C=O) groups excluding carboxylic acids is 3. The number of hydrogen-bond acceptors (Lipinski definition) is 6. The summed E-state index contributed by atoms with van der Waals surface area (Å²) >= 11 is 0. The van der Waals surface area contributed by atoms with E-state index in [0.29, 0.717) is 0 Å². The first-order valence-corrected chi connectivity index (χ1v) is 10.5. The van der Waals surface area contributed by atoms with Crippen molar-refractivity contribution in [3.63, 3.8) is 0 Å². The van der Waals surface area contributed by atoms with E-state index in [1.54, 1.807) is 0 Å². The Bertz CT molecular complexity index is 784. The van der Waals surface area contributed by atoms with E-state index in [0.717, 1.165) is 5.56 Å². The molecule has 1 rings (SSSR count). The van der Waals surface area contributed by atoms with E-state index in [-0.39, 0.29) is 18.8 Å². The molecule has 0 aliphatic carbocycles. The Morgan fingerprint density at radius 1 is 0.906 bits per heavy atom. The average Bonchev–Trinajstić information content (AvgIpc) is 2.71. The maximum atomic E-state index is 12.9. The molecular formula is C22H34N4O6. The Morgan fingerprint density at radius 2 is 1.50 bits per heavy atom. The van der Waals surface area contributed by atoms with Crippen molar-refractivity contribution in [2.75, 3.05) is 0 Å². The monoisotopic (exact) mass is 450 g/mol. The first-order valence-electron chi connectivity index (χ1n) is 10.5. The van der Waals surface area contributed by atoms with Crippen LogP contribution in [0.2, 0.25) is 0 Å². The number of amides is 3. The number of hydrogen-bond donors (Lipinski definition) is 6. The summed E-state index contributed by atoms with van der Waals surface area (Å²) in [5.74, 6) is -3.28. The highest BCUT2D eigenvalue weighted by molar-refractivity contribution is 5.94. The topological polar surface area (TPSA) is 171 Å². The number of carboxylic acid groups (broad SMARTS) is 1. The van der Waals surface area contributed by atoms with Crippen LogP contribution in [0.15, 0.2) is 30.3 Å². The van der Waals surface area contributed by atoms with E-state index in [4.69, 9.17) is 10.8 Å². The third-order valence-corrected chi connectivity index (χ3v) is 4.77. The fraction of sp³-hybridized carbons (Fsp3) is 0.545. The lowest BCUT2D eigenvalue weighted by Crippen LogP contribution is -2.59. The second-order valence-corrected chi connectivity index (χ2v) is 8.28. The van der Waals surface area contributed by atoms with Gasteiger partial charge in [-0.2, -0.15) is 0 Å². The second kappa shape index (κ2) is 12.8. The number of nitrogens with one attached hydrogen (secondary N) is 3. The Labute approximate surface area is 187 Å². The number of aliphatic hydroxyl groups excluding tert-OH is 1. The van der Waals surface area contributed by atoms with E-state index < -0.39 is 54.0 Å². The molecular weight excluding hydrogens is 416 g/mol. The lowest BCUT2D eigenvalue weighted by Gasteiger charge is -2.26. The molecule has 0 saturated heterocycles. The third-order valence-electron chi connectivity index (χ3n) is 4.77. The summed E-state index contributed by atoms with van der Waals surface area (Å²) < 4.78 is 0. The maximum absolute atomic E-state index is 12.9. The Hall–Kier alpha value is -2.98. The Kier molecular flexibility index (Phi) is 10.8. The molecule has 0 aromatic heterocycles. The number of nitrogens with two attached hydrogens (primary N) is 1. The highest BCUT2D eigenvalue weighted by atomic mass is 16.4. The molecule has 0 aliphatic heterocycles. The SMILES string of the molecule is CC(C)CC(NC(=O)C(N)Cc1ccccc1)C(=O)NC(C(=O)NC(C)C(=O)O)C(C)O. The lowest BCUT2D eigenvalue weighted by atomic mass is 10.0. The molecule has 5 unspecified atom stereocenters. The van der Waals surface area contributed by atoms with Gasteiger partial charge in [-0.3, -0.25) is 19.2 Å². The van der Waals surface area contributed by atoms with Crippen LogP contribution in [0.5, 0.6) is 0 Å². The van der Waals surface area contributed by atoms with Crippen LogP contribution in [0.25, 0.3) is 0 Å². The molecule has 0 aliphatic rings. The van der Waals surface area contributed by atoms with E-state index >= 15 is 0 Å². The van der Waals surface area contributed by atoms with Crippen LogP contribution in [-0.4, -0.2) is 64.2 Å². The Balaban J connectivity index is 2.87. The van der Waals surface area contributed by atoms with Crippen molar-refractivity contribution >= 4 is 23.7 Å². The van der Waals surface area contributed by atoms with Crippen molar-refractivity contribution in [1.29, 1.82) is 0 Å². The highest BCUT2D eigenvalue weighted by Gasteiger charge is 2.32. The fourth-order valence-electron chi connectivity index (χ4n) is 2.97. The molecule has 0 fully saturated rings. The van der Waals surface area contributed by atoms with Gasteiger partial charge >= 0.3 is 5.97 Å². The summed E-state index contributed by atoms with van der Waals surface area (Å²) in [6, 6.07) is 4.73. The van der Waals surface area contributed by atoms with Crippen LogP contribution in [0.1, 0.15) is 39.7 Å². The van der Waals surface area contributed by atoms with Gasteiger partial charge in [-0.05, 0) is 38.2 Å². The fourth-order valence-corrected chi connectivity index (χ4v) is 2.97. The van der Waals surface area contributed by atoms with Crippen LogP contribution in [0, 0.1) is 5.92 Å². The van der Waals surface area contributed by atoms with Crippen LogP contribution in [0.3, 0.4) is 0 Å². The number of benzene rings is 1. The van der Waals surface area contributed by atoms with Crippen LogP contribution in [0.4, 0.5) is 0 Å². The van der Waals surface area contributed by atoms with Crippen molar-refractivity contribution in [3.8, 4) is 0 Å². The predicted molar refractivity (Wildman–Crippen MR) is 118 cm³/mol. The number of carboxylic acids is 1. The van der Waals surface area contributed by atoms with Gasteiger partial charge in [0.05, 0.1) is 12.1 Å². The lowest BCUT2D eigenvalue weighted by molar-refractivity contribution is -0.142. The molecule has 1 aromatic carbocycles. The molecule has 0 radical (unpaired) electrons. The molecule has 0 heterocycles. The number of carbonyl (C=O) groups is 4. The summed E-state index contributed by atoms with van der Waals surface area (Å²) in [5, 5.41) is 26.2. The first-order chi connectivity index (χ1) is 14.9. The summed E-state index contributed by atoms with van der Waals surface area (Å²) in [5.41, 5.74) is 6.88. The van der Waals surface area contributed by atoms with Gasteiger partial charge in [-0.15, -0.1) is 0 Å². The minimum absolute atomic E-state index is 0.0299. The maximum Gasteiger partial charge on any atom is 0.325 e. The van der Waals surface area contributed by atoms with E-state index in [1.165, 1.54) is 13.8 Å². The molecule has 7 N–H and O–H groups in total. The van der Waals surface area contributed by atoms with Crippen molar-refractivity contribution in [2.45, 2.75) is 70.8 Å². The average molecular weight is 451 g/mol. The minimum Gasteiger partial charge on any atom is -0.480 e.